The second-order valence-corrected chi connectivity index (χ2v) is 7.28. The fourth-order valence-corrected chi connectivity index (χ4v) is 3.70. The molecule has 1 heterocycles. The lowest BCUT2D eigenvalue weighted by Crippen LogP contribution is -2.40. The van der Waals surface area contributed by atoms with E-state index >= 15 is 0 Å². The average molecular weight is 517 g/mol. The summed E-state index contributed by atoms with van der Waals surface area (Å²) in [6.45, 7) is 5.78. The van der Waals surface area contributed by atoms with Crippen LogP contribution in [0.3, 0.4) is 0 Å². The molecule has 0 radical (unpaired) electrons. The molecule has 0 aliphatic rings. The Labute approximate surface area is 197 Å². The van der Waals surface area contributed by atoms with Crippen molar-refractivity contribution in [2.24, 2.45) is 12.0 Å². The van der Waals surface area contributed by atoms with Gasteiger partial charge >= 0.3 is 0 Å². The van der Waals surface area contributed by atoms with Gasteiger partial charge < -0.3 is 10.6 Å². The molecular weight excluding hydrogens is 485 g/mol. The number of aryl methyl sites for hydroxylation is 2. The fourth-order valence-electron chi connectivity index (χ4n) is 3.70. The molecule has 2 N–H and O–H groups in total. The molecule has 0 fully saturated rings. The monoisotopic (exact) mass is 517 g/mol. The number of nitrogens with zero attached hydrogens (tertiary/aromatic N) is 3. The second kappa shape index (κ2) is 11.7. The van der Waals surface area contributed by atoms with Crippen LogP contribution in [-0.4, -0.2) is 35.9 Å². The maximum absolute atomic E-state index is 4.50. The van der Waals surface area contributed by atoms with Gasteiger partial charge in [-0.05, 0) is 37.0 Å². The smallest absolute Gasteiger partial charge is 0.191 e. The Hall–Kier alpha value is -2.35. The Morgan fingerprint density at radius 2 is 1.53 bits per heavy atom. The van der Waals surface area contributed by atoms with Crippen LogP contribution in [0.4, 0.5) is 0 Å². The highest BCUT2D eigenvalue weighted by atomic mass is 127. The number of aliphatic imine (C=N–C) groups is 1. The minimum atomic E-state index is 0. The zero-order valence-corrected chi connectivity index (χ0v) is 20.6. The number of halogens is 1. The largest absolute Gasteiger partial charge is 0.356 e. The maximum Gasteiger partial charge on any atom is 0.191 e. The first-order valence-electron chi connectivity index (χ1n) is 10.1. The summed E-state index contributed by atoms with van der Waals surface area (Å²) in [5.41, 5.74) is 6.22. The maximum atomic E-state index is 4.50. The first kappa shape index (κ1) is 23.9. The topological polar surface area (TPSA) is 54.2 Å². The van der Waals surface area contributed by atoms with Crippen LogP contribution < -0.4 is 10.6 Å². The van der Waals surface area contributed by atoms with Crippen molar-refractivity contribution in [2.75, 3.05) is 20.1 Å². The fraction of sp³-hybridized carbons (Fsp3) is 0.333. The van der Waals surface area contributed by atoms with Crippen molar-refractivity contribution in [3.05, 3.63) is 88.7 Å². The Kier molecular flexibility index (Phi) is 9.36. The number of guanidine groups is 1. The predicted molar refractivity (Wildman–Crippen MR) is 136 cm³/mol. The minimum absolute atomic E-state index is 0. The Morgan fingerprint density at radius 3 is 2.00 bits per heavy atom. The predicted octanol–water partition coefficient (Wildman–Crippen LogP) is 4.19. The highest BCUT2D eigenvalue weighted by Crippen LogP contribution is 2.23. The van der Waals surface area contributed by atoms with Crippen LogP contribution in [0, 0.1) is 13.8 Å². The molecule has 0 amide bonds. The van der Waals surface area contributed by atoms with Crippen molar-refractivity contribution >= 4 is 29.9 Å². The molecule has 0 bridgehead atoms. The van der Waals surface area contributed by atoms with E-state index in [-0.39, 0.29) is 29.9 Å². The molecule has 0 atom stereocenters. The minimum Gasteiger partial charge on any atom is -0.356 e. The molecule has 6 heteroatoms. The number of benzene rings is 2. The molecule has 0 spiro atoms. The molecule has 2 aromatic carbocycles. The molecule has 3 aromatic rings. The molecule has 3 rings (SSSR count). The van der Waals surface area contributed by atoms with E-state index in [1.165, 1.54) is 22.4 Å². The summed E-state index contributed by atoms with van der Waals surface area (Å²) in [5.74, 6) is 1.08. The van der Waals surface area contributed by atoms with Gasteiger partial charge in [0.05, 0.1) is 5.69 Å². The van der Waals surface area contributed by atoms with Crippen molar-refractivity contribution in [1.29, 1.82) is 0 Å². The van der Waals surface area contributed by atoms with Crippen LogP contribution in [0.2, 0.25) is 0 Å². The van der Waals surface area contributed by atoms with E-state index in [0.717, 1.165) is 31.2 Å². The molecular formula is C24H32IN5. The van der Waals surface area contributed by atoms with E-state index in [0.29, 0.717) is 0 Å². The summed E-state index contributed by atoms with van der Waals surface area (Å²) >= 11 is 0. The molecule has 1 aromatic heterocycles. The van der Waals surface area contributed by atoms with Gasteiger partial charge in [0.2, 0.25) is 0 Å². The molecule has 5 nitrogen and oxygen atoms in total. The Balaban J connectivity index is 0.00000320. The second-order valence-electron chi connectivity index (χ2n) is 7.28. The summed E-state index contributed by atoms with van der Waals surface area (Å²) in [6, 6.07) is 21.2. The van der Waals surface area contributed by atoms with Gasteiger partial charge in [-0.3, -0.25) is 9.67 Å². The van der Waals surface area contributed by atoms with Gasteiger partial charge in [-0.25, -0.2) is 0 Å². The zero-order chi connectivity index (χ0) is 20.6. The van der Waals surface area contributed by atoms with E-state index < -0.39 is 0 Å². The van der Waals surface area contributed by atoms with Crippen molar-refractivity contribution in [3.8, 4) is 0 Å². The normalized spacial score (nSPS) is 11.3. The third-order valence-corrected chi connectivity index (χ3v) is 5.43. The molecule has 30 heavy (non-hydrogen) atoms. The summed E-state index contributed by atoms with van der Waals surface area (Å²) in [4.78, 5) is 4.40. The van der Waals surface area contributed by atoms with Gasteiger partial charge in [0, 0.05) is 38.8 Å². The number of hydrogen-bond acceptors (Lipinski definition) is 2. The van der Waals surface area contributed by atoms with E-state index in [9.17, 15) is 0 Å². The third-order valence-electron chi connectivity index (χ3n) is 5.43. The van der Waals surface area contributed by atoms with Gasteiger partial charge in [0.25, 0.3) is 0 Å². The lowest BCUT2D eigenvalue weighted by molar-refractivity contribution is 0.721. The summed E-state index contributed by atoms with van der Waals surface area (Å²) in [5, 5.41) is 11.4. The number of rotatable bonds is 7. The molecule has 0 unspecified atom stereocenters. The van der Waals surface area contributed by atoms with Crippen LogP contribution in [-0.2, 0) is 13.5 Å². The summed E-state index contributed by atoms with van der Waals surface area (Å²) in [7, 11) is 3.81. The summed E-state index contributed by atoms with van der Waals surface area (Å²) in [6.07, 6.45) is 0.924. The number of aromatic nitrogens is 2. The van der Waals surface area contributed by atoms with Crippen LogP contribution in [0.1, 0.15) is 34.0 Å². The van der Waals surface area contributed by atoms with Crippen molar-refractivity contribution in [1.82, 2.24) is 20.4 Å². The van der Waals surface area contributed by atoms with E-state index in [2.05, 4.69) is 95.2 Å². The van der Waals surface area contributed by atoms with Gasteiger partial charge in [-0.15, -0.1) is 24.0 Å². The van der Waals surface area contributed by atoms with Crippen LogP contribution in [0.25, 0.3) is 0 Å². The molecule has 0 aliphatic heterocycles. The van der Waals surface area contributed by atoms with E-state index in [1.807, 2.05) is 18.8 Å². The highest BCUT2D eigenvalue weighted by molar-refractivity contribution is 14.0. The summed E-state index contributed by atoms with van der Waals surface area (Å²) < 4.78 is 1.95. The van der Waals surface area contributed by atoms with Gasteiger partial charge in [-0.1, -0.05) is 60.7 Å². The van der Waals surface area contributed by atoms with Crippen LogP contribution >= 0.6 is 24.0 Å². The average Bonchev–Trinajstić information content (AvgIpc) is 3.00. The third kappa shape index (κ3) is 6.08. The van der Waals surface area contributed by atoms with Crippen LogP contribution in [0.5, 0.6) is 0 Å². The lowest BCUT2D eigenvalue weighted by atomic mass is 9.91. The van der Waals surface area contributed by atoms with Crippen molar-refractivity contribution < 1.29 is 0 Å². The van der Waals surface area contributed by atoms with Crippen molar-refractivity contribution in [2.45, 2.75) is 26.2 Å². The Bertz CT molecular complexity index is 895. The van der Waals surface area contributed by atoms with E-state index in [4.69, 9.17) is 0 Å². The standard InChI is InChI=1S/C24H31N5.HI/c1-18-22(19(2)29(4)28-18)15-16-26-24(25-3)27-17-23(20-11-7-5-8-12-20)21-13-9-6-10-14-21;/h5-14,23H,15-17H2,1-4H3,(H2,25,26,27);1H. The van der Waals surface area contributed by atoms with Crippen molar-refractivity contribution in [3.63, 3.8) is 0 Å². The Morgan fingerprint density at radius 1 is 0.967 bits per heavy atom. The molecule has 0 aliphatic carbocycles. The van der Waals surface area contributed by atoms with Gasteiger partial charge in [-0.2, -0.15) is 5.10 Å². The quantitative estimate of drug-likeness (QED) is 0.281. The molecule has 0 saturated carbocycles. The molecule has 160 valence electrons. The van der Waals surface area contributed by atoms with Gasteiger partial charge in [0.15, 0.2) is 5.96 Å². The number of nitrogens with one attached hydrogen (secondary N) is 2. The van der Waals surface area contributed by atoms with Crippen LogP contribution in [0.15, 0.2) is 65.7 Å². The lowest BCUT2D eigenvalue weighted by Gasteiger charge is -2.20. The van der Waals surface area contributed by atoms with Gasteiger partial charge in [0.1, 0.15) is 0 Å². The first-order chi connectivity index (χ1) is 14.1. The number of hydrogen-bond donors (Lipinski definition) is 2. The molecule has 0 saturated heterocycles. The SMILES string of the molecule is CN=C(NCCc1c(C)nn(C)c1C)NCC(c1ccccc1)c1ccccc1.I. The highest BCUT2D eigenvalue weighted by Gasteiger charge is 2.15. The first-order valence-corrected chi connectivity index (χ1v) is 10.1. The van der Waals surface area contributed by atoms with E-state index in [1.54, 1.807) is 0 Å². The zero-order valence-electron chi connectivity index (χ0n) is 18.2.